The molecule has 0 aliphatic carbocycles. The fourth-order valence-electron chi connectivity index (χ4n) is 1.84. The molecule has 26 heavy (non-hydrogen) atoms. The van der Waals surface area contributed by atoms with Crippen molar-refractivity contribution in [2.45, 2.75) is 37.7 Å². The molecule has 3 N–H and O–H groups in total. The second-order valence-corrected chi connectivity index (χ2v) is 7.90. The summed E-state index contributed by atoms with van der Waals surface area (Å²) in [7, 11) is 2.77. The van der Waals surface area contributed by atoms with Crippen LogP contribution in [0.3, 0.4) is 0 Å². The van der Waals surface area contributed by atoms with Crippen molar-refractivity contribution < 1.29 is 19.2 Å². The van der Waals surface area contributed by atoms with E-state index in [4.69, 9.17) is 20.8 Å². The fourth-order valence-corrected chi connectivity index (χ4v) is 3.66. The highest BCUT2D eigenvalue weighted by molar-refractivity contribution is 8.76. The normalized spacial score (nSPS) is 12.4. The topological polar surface area (TPSA) is 139 Å². The number of benzene rings is 1. The third-order valence-corrected chi connectivity index (χ3v) is 5.22. The van der Waals surface area contributed by atoms with Gasteiger partial charge in [0.2, 0.25) is 0 Å². The minimum atomic E-state index is -0.922. The smallest absolute Gasteiger partial charge is 0.441 e. The van der Waals surface area contributed by atoms with Gasteiger partial charge in [0, 0.05) is 16.6 Å². The first-order valence-electron chi connectivity index (χ1n) is 7.69. The summed E-state index contributed by atoms with van der Waals surface area (Å²) in [6.07, 6.45) is 2.13. The molecule has 0 saturated heterocycles. The molecular weight excluding hydrogens is 378 g/mol. The quantitative estimate of drug-likeness (QED) is 0.211. The molecule has 0 radical (unpaired) electrons. The summed E-state index contributed by atoms with van der Waals surface area (Å²) in [5, 5.41) is 3.06. The van der Waals surface area contributed by atoms with E-state index in [1.807, 2.05) is 18.7 Å². The molecule has 0 aliphatic heterocycles. The van der Waals surface area contributed by atoms with Gasteiger partial charge < -0.3 is 15.3 Å². The maximum Gasteiger partial charge on any atom is 0.441 e. The van der Waals surface area contributed by atoms with E-state index >= 15 is 0 Å². The highest BCUT2D eigenvalue weighted by Gasteiger charge is 2.22. The average Bonchev–Trinajstić information content (AvgIpc) is 2.62. The molecule has 9 nitrogen and oxygen atoms in total. The van der Waals surface area contributed by atoms with Gasteiger partial charge in [0.15, 0.2) is 0 Å². The molecular formula is C15H21N5O4S2. The number of nitrogens with two attached hydrogens (primary N) is 1. The second-order valence-electron chi connectivity index (χ2n) is 5.22. The predicted molar refractivity (Wildman–Crippen MR) is 102 cm³/mol. The lowest BCUT2D eigenvalue weighted by Gasteiger charge is -2.15. The van der Waals surface area contributed by atoms with E-state index < -0.39 is 17.3 Å². The standard InChI is InChI=1S/C15H21N5O4S2/c1-10(16)7-8-13(26-25-2)14(21)24-19-15(22)23-9-11-5-3-4-6-12(11)18-20-17/h3-6,10,13H,7-9,16H2,1-2H3,(H,19,22)/t10-,13-/m0/s1. The Morgan fingerprint density at radius 1 is 1.38 bits per heavy atom. The van der Waals surface area contributed by atoms with Crippen LogP contribution in [0.1, 0.15) is 25.3 Å². The van der Waals surface area contributed by atoms with E-state index in [2.05, 4.69) is 10.0 Å². The SMILES string of the molecule is CSS[C@@H](CC[C@H](C)N)C(=O)ONC(=O)OCc1ccccc1N=[N+]=[N-]. The summed E-state index contributed by atoms with van der Waals surface area (Å²) in [6, 6.07) is 6.64. The van der Waals surface area contributed by atoms with Crippen LogP contribution in [0.25, 0.3) is 10.4 Å². The van der Waals surface area contributed by atoms with Crippen LogP contribution >= 0.6 is 21.6 Å². The molecule has 0 heterocycles. The molecule has 1 aromatic carbocycles. The van der Waals surface area contributed by atoms with Gasteiger partial charge in [-0.2, -0.15) is 0 Å². The number of hydrogen-bond donors (Lipinski definition) is 2. The monoisotopic (exact) mass is 399 g/mol. The predicted octanol–water partition coefficient (Wildman–Crippen LogP) is 3.82. The summed E-state index contributed by atoms with van der Waals surface area (Å²) in [6.45, 7) is 1.72. The Hall–Kier alpha value is -2.07. The van der Waals surface area contributed by atoms with Crippen molar-refractivity contribution in [2.24, 2.45) is 10.8 Å². The van der Waals surface area contributed by atoms with E-state index in [1.54, 1.807) is 24.3 Å². The highest BCUT2D eigenvalue weighted by atomic mass is 33.1. The van der Waals surface area contributed by atoms with Gasteiger partial charge in [-0.15, -0.1) is 5.48 Å². The number of hydroxylamine groups is 1. The van der Waals surface area contributed by atoms with Crippen LogP contribution in [0.15, 0.2) is 29.4 Å². The fraction of sp³-hybridized carbons (Fsp3) is 0.467. The molecule has 2 atom stereocenters. The number of nitrogens with one attached hydrogen (secondary N) is 1. The van der Waals surface area contributed by atoms with Crippen LogP contribution in [-0.4, -0.2) is 29.6 Å². The molecule has 0 aliphatic rings. The first kappa shape index (κ1) is 22.0. The largest absolute Gasteiger partial charge is 0.443 e. The lowest BCUT2D eigenvalue weighted by atomic mass is 10.1. The van der Waals surface area contributed by atoms with Crippen molar-refractivity contribution >= 4 is 39.3 Å². The molecule has 142 valence electrons. The molecule has 1 rings (SSSR count). The van der Waals surface area contributed by atoms with Gasteiger partial charge in [0.25, 0.3) is 0 Å². The number of ether oxygens (including phenoxy) is 1. The number of carbonyl (C=O) groups excluding carboxylic acids is 2. The van der Waals surface area contributed by atoms with Gasteiger partial charge in [-0.3, -0.25) is 0 Å². The first-order chi connectivity index (χ1) is 12.5. The van der Waals surface area contributed by atoms with Crippen molar-refractivity contribution in [3.05, 3.63) is 40.3 Å². The van der Waals surface area contributed by atoms with Gasteiger partial charge in [-0.05, 0) is 37.1 Å². The van der Waals surface area contributed by atoms with Crippen molar-refractivity contribution in [3.8, 4) is 0 Å². The maximum atomic E-state index is 12.0. The third-order valence-electron chi connectivity index (χ3n) is 3.10. The molecule has 0 fully saturated rings. The molecule has 0 saturated carbocycles. The average molecular weight is 399 g/mol. The van der Waals surface area contributed by atoms with Gasteiger partial charge >= 0.3 is 12.1 Å². The first-order valence-corrected chi connectivity index (χ1v) is 10.3. The molecule has 0 unspecified atom stereocenters. The zero-order valence-electron chi connectivity index (χ0n) is 14.5. The van der Waals surface area contributed by atoms with Gasteiger partial charge in [0.1, 0.15) is 11.9 Å². The van der Waals surface area contributed by atoms with E-state index in [0.717, 1.165) is 0 Å². The summed E-state index contributed by atoms with van der Waals surface area (Å²) in [4.78, 5) is 31.2. The second kappa shape index (κ2) is 12.3. The van der Waals surface area contributed by atoms with Gasteiger partial charge in [0.05, 0.1) is 0 Å². The van der Waals surface area contributed by atoms with Gasteiger partial charge in [-0.25, -0.2) is 9.59 Å². The van der Waals surface area contributed by atoms with Crippen molar-refractivity contribution in [2.75, 3.05) is 6.26 Å². The molecule has 0 spiro atoms. The third kappa shape index (κ3) is 8.34. The Kier molecular flexibility index (Phi) is 10.4. The Balaban J connectivity index is 2.47. The summed E-state index contributed by atoms with van der Waals surface area (Å²) < 4.78 is 4.96. The summed E-state index contributed by atoms with van der Waals surface area (Å²) in [5.41, 5.74) is 17.1. The van der Waals surface area contributed by atoms with E-state index in [0.29, 0.717) is 24.1 Å². The van der Waals surface area contributed by atoms with E-state index in [1.165, 1.54) is 21.6 Å². The Morgan fingerprint density at radius 3 is 2.77 bits per heavy atom. The van der Waals surface area contributed by atoms with Gasteiger partial charge in [-0.1, -0.05) is 51.0 Å². The van der Waals surface area contributed by atoms with E-state index in [9.17, 15) is 9.59 Å². The number of rotatable bonds is 9. The van der Waals surface area contributed by atoms with Crippen LogP contribution in [0.2, 0.25) is 0 Å². The van der Waals surface area contributed by atoms with Crippen LogP contribution in [-0.2, 0) is 21.0 Å². The summed E-state index contributed by atoms with van der Waals surface area (Å²) in [5.74, 6) is -0.573. The van der Waals surface area contributed by atoms with Crippen LogP contribution in [0.4, 0.5) is 10.5 Å². The minimum Gasteiger partial charge on any atom is -0.443 e. The molecule has 0 bridgehead atoms. The van der Waals surface area contributed by atoms with E-state index in [-0.39, 0.29) is 12.6 Å². The van der Waals surface area contributed by atoms with Crippen LogP contribution in [0, 0.1) is 0 Å². The molecule has 1 amide bonds. The zero-order valence-corrected chi connectivity index (χ0v) is 16.1. The molecule has 0 aromatic heterocycles. The lowest BCUT2D eigenvalue weighted by Crippen LogP contribution is -2.32. The number of nitrogens with zero attached hydrogens (tertiary/aromatic N) is 3. The van der Waals surface area contributed by atoms with Crippen molar-refractivity contribution in [3.63, 3.8) is 0 Å². The Labute approximate surface area is 159 Å². The number of azide groups is 1. The van der Waals surface area contributed by atoms with Crippen LogP contribution in [0.5, 0.6) is 0 Å². The minimum absolute atomic E-state index is 0.0261. The maximum absolute atomic E-state index is 12.0. The zero-order chi connectivity index (χ0) is 19.4. The van der Waals surface area contributed by atoms with Crippen molar-refractivity contribution in [1.29, 1.82) is 0 Å². The molecule has 11 heteroatoms. The van der Waals surface area contributed by atoms with Crippen LogP contribution < -0.4 is 11.2 Å². The number of carbonyl (C=O) groups is 2. The van der Waals surface area contributed by atoms with Crippen molar-refractivity contribution in [1.82, 2.24) is 5.48 Å². The molecule has 1 aromatic rings. The lowest BCUT2D eigenvalue weighted by molar-refractivity contribution is -0.149. The number of amides is 1. The number of hydrogen-bond acceptors (Lipinski definition) is 8. The Morgan fingerprint density at radius 2 is 2.12 bits per heavy atom. The Bertz CT molecular complexity index is 653. The highest BCUT2D eigenvalue weighted by Crippen LogP contribution is 2.28. The summed E-state index contributed by atoms with van der Waals surface area (Å²) >= 11 is 0.